The number of nitrogens with two attached hydrogens (primary N) is 1. The van der Waals surface area contributed by atoms with Crippen molar-refractivity contribution < 1.29 is 13.5 Å². The molecule has 1 aliphatic rings. The molecule has 2 N–H and O–H groups in total. The van der Waals surface area contributed by atoms with Crippen molar-refractivity contribution in [1.29, 1.82) is 0 Å². The molecule has 6 nitrogen and oxygen atoms in total. The van der Waals surface area contributed by atoms with Crippen LogP contribution >= 0.6 is 0 Å². The van der Waals surface area contributed by atoms with E-state index in [1.165, 1.54) is 12.1 Å². The van der Waals surface area contributed by atoms with Crippen molar-refractivity contribution in [2.45, 2.75) is 57.7 Å². The molecular formula is C22H29F2N5OSi. The maximum absolute atomic E-state index is 14.5. The van der Waals surface area contributed by atoms with Gasteiger partial charge in [0.25, 0.3) is 0 Å². The van der Waals surface area contributed by atoms with Gasteiger partial charge in [-0.2, -0.15) is 0 Å². The lowest BCUT2D eigenvalue weighted by Crippen LogP contribution is -2.22. The van der Waals surface area contributed by atoms with Gasteiger partial charge in [0.05, 0.1) is 5.69 Å². The Morgan fingerprint density at radius 1 is 1.19 bits per heavy atom. The molecule has 3 aromatic rings. The second-order valence-electron chi connectivity index (χ2n) is 9.35. The zero-order chi connectivity index (χ0) is 22.2. The van der Waals surface area contributed by atoms with E-state index in [9.17, 15) is 8.78 Å². The Kier molecular flexibility index (Phi) is 5.98. The number of nitrogen functional groups attached to an aromatic ring is 1. The number of rotatable bonds is 7. The molecule has 1 unspecified atom stereocenters. The highest BCUT2D eigenvalue weighted by Gasteiger charge is 2.29. The van der Waals surface area contributed by atoms with Crippen molar-refractivity contribution in [3.8, 4) is 11.6 Å². The molecule has 0 aliphatic carbocycles. The number of imidazole rings is 2. The van der Waals surface area contributed by atoms with E-state index in [4.69, 9.17) is 10.5 Å². The molecule has 0 fully saturated rings. The maximum atomic E-state index is 14.5. The minimum atomic E-state index is -1.14. The molecule has 4 rings (SSSR count). The normalized spacial score (nSPS) is 16.5. The Morgan fingerprint density at radius 2 is 2.00 bits per heavy atom. The van der Waals surface area contributed by atoms with Crippen LogP contribution in [-0.4, -0.2) is 33.8 Å². The molecule has 3 heterocycles. The molecule has 166 valence electrons. The van der Waals surface area contributed by atoms with Gasteiger partial charge < -0.3 is 19.6 Å². The number of fused-ring (bicyclic) bond motifs is 1. The summed E-state index contributed by atoms with van der Waals surface area (Å²) in [5.74, 6) is 0.0186. The molecule has 0 spiro atoms. The molecule has 0 saturated carbocycles. The van der Waals surface area contributed by atoms with Gasteiger partial charge in [-0.25, -0.2) is 18.7 Å². The fourth-order valence-electron chi connectivity index (χ4n) is 4.01. The lowest BCUT2D eigenvalue weighted by molar-refractivity contribution is 0.0881. The van der Waals surface area contributed by atoms with Crippen LogP contribution in [0.3, 0.4) is 0 Å². The third-order valence-corrected chi connectivity index (χ3v) is 7.51. The van der Waals surface area contributed by atoms with Crippen molar-refractivity contribution in [1.82, 2.24) is 19.1 Å². The van der Waals surface area contributed by atoms with Crippen LogP contribution in [0.25, 0.3) is 11.6 Å². The average molecular weight is 446 g/mol. The molecule has 2 aromatic heterocycles. The van der Waals surface area contributed by atoms with E-state index in [0.717, 1.165) is 30.0 Å². The second kappa shape index (κ2) is 8.55. The van der Waals surface area contributed by atoms with Gasteiger partial charge in [-0.3, -0.25) is 0 Å². The van der Waals surface area contributed by atoms with Crippen molar-refractivity contribution in [2.24, 2.45) is 0 Å². The van der Waals surface area contributed by atoms with Gasteiger partial charge >= 0.3 is 0 Å². The van der Waals surface area contributed by atoms with E-state index < -0.39 is 19.7 Å². The average Bonchev–Trinajstić information content (AvgIpc) is 3.34. The van der Waals surface area contributed by atoms with Crippen molar-refractivity contribution in [3.05, 3.63) is 53.6 Å². The van der Waals surface area contributed by atoms with Crippen LogP contribution in [0.1, 0.15) is 23.6 Å². The van der Waals surface area contributed by atoms with Gasteiger partial charge in [0.2, 0.25) is 0 Å². The monoisotopic (exact) mass is 445 g/mol. The molecule has 0 saturated heterocycles. The van der Waals surface area contributed by atoms with E-state index in [0.29, 0.717) is 26.1 Å². The quantitative estimate of drug-likeness (QED) is 0.326. The highest BCUT2D eigenvalue weighted by molar-refractivity contribution is 6.76. The summed E-state index contributed by atoms with van der Waals surface area (Å²) in [6.45, 7) is 8.72. The van der Waals surface area contributed by atoms with E-state index in [1.807, 2.05) is 10.8 Å². The molecule has 0 radical (unpaired) electrons. The molecule has 1 aliphatic heterocycles. The fraction of sp³-hybridized carbons (Fsp3) is 0.455. The van der Waals surface area contributed by atoms with Gasteiger partial charge in [0, 0.05) is 51.1 Å². The molecule has 31 heavy (non-hydrogen) atoms. The predicted octanol–water partition coefficient (Wildman–Crippen LogP) is 4.65. The van der Waals surface area contributed by atoms with Crippen LogP contribution in [0.15, 0.2) is 30.7 Å². The summed E-state index contributed by atoms with van der Waals surface area (Å²) < 4.78 is 38.8. The van der Waals surface area contributed by atoms with Crippen LogP contribution in [0.2, 0.25) is 25.7 Å². The highest BCUT2D eigenvalue weighted by Crippen LogP contribution is 2.36. The first-order valence-corrected chi connectivity index (χ1v) is 14.3. The number of benzene rings is 1. The Balaban J connectivity index is 1.51. The molecular weight excluding hydrogens is 416 g/mol. The Labute approximate surface area is 182 Å². The zero-order valence-corrected chi connectivity index (χ0v) is 19.2. The standard InChI is InChI=1S/C22H29F2N5OSi/c1-31(2,3)11-10-30-14-28-9-7-26-21(28)22-27-13-16-12-15(6-8-29(16)22)19-17(23)4-5-18(25)20(19)24/h4-5,7,9,13,15H,6,8,10-12,14,25H2,1-3H3. The summed E-state index contributed by atoms with van der Waals surface area (Å²) in [4.78, 5) is 9.06. The Bertz CT molecular complexity index is 1070. The number of hydrogen-bond donors (Lipinski definition) is 1. The van der Waals surface area contributed by atoms with Gasteiger partial charge in [-0.05, 0) is 36.9 Å². The first kappa shape index (κ1) is 21.7. The van der Waals surface area contributed by atoms with E-state index in [1.54, 1.807) is 12.4 Å². The number of anilines is 1. The lowest BCUT2D eigenvalue weighted by Gasteiger charge is -2.26. The third-order valence-electron chi connectivity index (χ3n) is 5.80. The van der Waals surface area contributed by atoms with E-state index in [-0.39, 0.29) is 17.2 Å². The number of hydrogen-bond acceptors (Lipinski definition) is 4. The van der Waals surface area contributed by atoms with E-state index >= 15 is 0 Å². The minimum absolute atomic E-state index is 0.0210. The predicted molar refractivity (Wildman–Crippen MR) is 119 cm³/mol. The number of aromatic nitrogens is 4. The highest BCUT2D eigenvalue weighted by atomic mass is 28.3. The van der Waals surface area contributed by atoms with Crippen LogP contribution in [0.4, 0.5) is 14.5 Å². The van der Waals surface area contributed by atoms with Crippen LogP contribution in [-0.2, 0) is 24.4 Å². The smallest absolute Gasteiger partial charge is 0.178 e. The number of nitrogens with zero attached hydrogens (tertiary/aromatic N) is 4. The number of ether oxygens (including phenoxy) is 1. The Hall–Kier alpha value is -2.52. The summed E-state index contributed by atoms with van der Waals surface area (Å²) in [5.41, 5.74) is 6.66. The summed E-state index contributed by atoms with van der Waals surface area (Å²) in [5, 5.41) is 0. The largest absolute Gasteiger partial charge is 0.396 e. The SMILES string of the molecule is C[Si](C)(C)CCOCn1ccnc1-c1ncc2n1CCC(c1c(F)ccc(N)c1F)C2. The first-order chi connectivity index (χ1) is 14.7. The van der Waals surface area contributed by atoms with Crippen LogP contribution in [0, 0.1) is 11.6 Å². The molecule has 0 amide bonds. The zero-order valence-electron chi connectivity index (χ0n) is 18.2. The van der Waals surface area contributed by atoms with Crippen LogP contribution in [0.5, 0.6) is 0 Å². The Morgan fingerprint density at radius 3 is 2.77 bits per heavy atom. The summed E-state index contributed by atoms with van der Waals surface area (Å²) >= 11 is 0. The van der Waals surface area contributed by atoms with E-state index in [2.05, 4.69) is 34.2 Å². The topological polar surface area (TPSA) is 70.9 Å². The molecule has 1 atom stereocenters. The van der Waals surface area contributed by atoms with Gasteiger partial charge in [-0.15, -0.1) is 0 Å². The van der Waals surface area contributed by atoms with Crippen LogP contribution < -0.4 is 5.73 Å². The van der Waals surface area contributed by atoms with Crippen molar-refractivity contribution in [3.63, 3.8) is 0 Å². The van der Waals surface area contributed by atoms with Gasteiger partial charge in [-0.1, -0.05) is 19.6 Å². The third kappa shape index (κ3) is 4.57. The molecule has 0 bridgehead atoms. The van der Waals surface area contributed by atoms with Gasteiger partial charge in [0.1, 0.15) is 12.5 Å². The molecule has 9 heteroatoms. The molecule has 1 aromatic carbocycles. The first-order valence-electron chi connectivity index (χ1n) is 10.6. The maximum Gasteiger partial charge on any atom is 0.178 e. The van der Waals surface area contributed by atoms with Crippen molar-refractivity contribution in [2.75, 3.05) is 12.3 Å². The summed E-state index contributed by atoms with van der Waals surface area (Å²) in [6, 6.07) is 3.61. The van der Waals surface area contributed by atoms with Crippen molar-refractivity contribution >= 4 is 13.8 Å². The summed E-state index contributed by atoms with van der Waals surface area (Å²) in [7, 11) is -1.14. The summed E-state index contributed by atoms with van der Waals surface area (Å²) in [6.07, 6.45) is 6.49. The second-order valence-corrected chi connectivity index (χ2v) is 15.0. The fourth-order valence-corrected chi connectivity index (χ4v) is 4.77. The lowest BCUT2D eigenvalue weighted by atomic mass is 9.88. The number of halogens is 2. The minimum Gasteiger partial charge on any atom is -0.396 e. The van der Waals surface area contributed by atoms with Gasteiger partial charge in [0.15, 0.2) is 17.5 Å².